The lowest BCUT2D eigenvalue weighted by Gasteiger charge is -2.08. The summed E-state index contributed by atoms with van der Waals surface area (Å²) in [6, 6.07) is 24.9. The van der Waals surface area contributed by atoms with Crippen molar-refractivity contribution in [1.82, 2.24) is 0 Å². The first-order valence-corrected chi connectivity index (χ1v) is 10.3. The monoisotopic (exact) mass is 396 g/mol. The first-order chi connectivity index (χ1) is 15.2. The van der Waals surface area contributed by atoms with Crippen LogP contribution >= 0.6 is 0 Å². The van der Waals surface area contributed by atoms with Gasteiger partial charge in [0.15, 0.2) is 0 Å². The number of furan rings is 1. The van der Waals surface area contributed by atoms with Gasteiger partial charge in [0, 0.05) is 5.39 Å². The van der Waals surface area contributed by atoms with E-state index < -0.39 is 11.3 Å². The van der Waals surface area contributed by atoms with Crippen LogP contribution in [-0.2, 0) is 0 Å². The molecular formula is C28H12O3. The largest absolute Gasteiger partial charge is 0.386 e. The maximum Gasteiger partial charge on any atom is 0.347 e. The van der Waals surface area contributed by atoms with Gasteiger partial charge >= 0.3 is 11.3 Å². The smallest absolute Gasteiger partial charge is 0.347 e. The van der Waals surface area contributed by atoms with Crippen molar-refractivity contribution in [2.24, 2.45) is 0 Å². The zero-order chi connectivity index (χ0) is 20.4. The first-order valence-electron chi connectivity index (χ1n) is 10.3. The van der Waals surface area contributed by atoms with Gasteiger partial charge in [-0.15, -0.1) is 0 Å². The molecule has 0 saturated carbocycles. The molecule has 0 bridgehead atoms. The van der Waals surface area contributed by atoms with Crippen LogP contribution in [0.1, 0.15) is 0 Å². The highest BCUT2D eigenvalue weighted by Gasteiger charge is 2.25. The minimum atomic E-state index is -0.559. The van der Waals surface area contributed by atoms with Gasteiger partial charge in [-0.3, -0.25) is 0 Å². The van der Waals surface area contributed by atoms with Gasteiger partial charge in [-0.25, -0.2) is 9.59 Å². The normalized spacial score (nSPS) is 12.8. The van der Waals surface area contributed by atoms with E-state index in [0.29, 0.717) is 10.8 Å². The third-order valence-electron chi connectivity index (χ3n) is 6.99. The fourth-order valence-electron chi connectivity index (χ4n) is 5.90. The summed E-state index contributed by atoms with van der Waals surface area (Å²) in [4.78, 5) is 25.5. The van der Waals surface area contributed by atoms with Gasteiger partial charge in [-0.05, 0) is 65.3 Å². The molecule has 0 aliphatic rings. The zero-order valence-corrected chi connectivity index (χ0v) is 16.2. The summed E-state index contributed by atoms with van der Waals surface area (Å²) in [6.45, 7) is 0. The van der Waals surface area contributed by atoms with Crippen LogP contribution in [0.3, 0.4) is 0 Å². The molecule has 0 aliphatic heterocycles. The maximum atomic E-state index is 12.9. The summed E-state index contributed by atoms with van der Waals surface area (Å²) in [5.41, 5.74) is -1.11. The van der Waals surface area contributed by atoms with Crippen LogP contribution in [0.2, 0.25) is 0 Å². The van der Waals surface area contributed by atoms with E-state index in [0.717, 1.165) is 53.9 Å². The fourth-order valence-corrected chi connectivity index (χ4v) is 5.90. The average Bonchev–Trinajstić information content (AvgIpc) is 3.41. The number of benzene rings is 5. The zero-order valence-electron chi connectivity index (χ0n) is 16.2. The number of hydrogen-bond donors (Lipinski definition) is 0. The summed E-state index contributed by atoms with van der Waals surface area (Å²) in [5, 5.41) is 13.8. The first kappa shape index (κ1) is 15.6. The van der Waals surface area contributed by atoms with E-state index >= 15 is 0 Å². The quantitative estimate of drug-likeness (QED) is 0.279. The molecule has 8 aromatic rings. The lowest BCUT2D eigenvalue weighted by Crippen LogP contribution is -1.94. The van der Waals surface area contributed by atoms with E-state index in [-0.39, 0.29) is 0 Å². The van der Waals surface area contributed by atoms with Crippen molar-refractivity contribution in [3.8, 4) is 0 Å². The number of fused-ring (bicyclic) bond motifs is 10. The Hall–Kier alpha value is -4.24. The second kappa shape index (κ2) is 4.90. The highest BCUT2D eigenvalue weighted by Crippen LogP contribution is 2.51. The highest BCUT2D eigenvalue weighted by atomic mass is 16.4. The van der Waals surface area contributed by atoms with Gasteiger partial charge in [-0.2, -0.15) is 0 Å². The van der Waals surface area contributed by atoms with Crippen LogP contribution in [0, 0.1) is 0 Å². The van der Waals surface area contributed by atoms with E-state index in [2.05, 4.69) is 42.5 Å². The molecule has 0 N–H and O–H groups in total. The Morgan fingerprint density at radius 2 is 0.903 bits per heavy atom. The SMILES string of the molecule is O=c1oc(=O)c2c1cc1c3ccccc3c3c4cccc5c6ccccc6c(c54)c2c13. The Morgan fingerprint density at radius 3 is 1.61 bits per heavy atom. The molecule has 3 heteroatoms. The Bertz CT molecular complexity index is 2130. The van der Waals surface area contributed by atoms with Crippen molar-refractivity contribution in [2.75, 3.05) is 0 Å². The Labute approximate surface area is 173 Å². The van der Waals surface area contributed by atoms with E-state index in [1.54, 1.807) is 0 Å². The molecule has 7 aromatic carbocycles. The van der Waals surface area contributed by atoms with Gasteiger partial charge in [0.05, 0.1) is 10.8 Å². The fraction of sp³-hybridized carbons (Fsp3) is 0. The summed E-state index contributed by atoms with van der Waals surface area (Å²) >= 11 is 0. The van der Waals surface area contributed by atoms with Gasteiger partial charge < -0.3 is 4.42 Å². The molecule has 0 spiro atoms. The van der Waals surface area contributed by atoms with Crippen LogP contribution in [-0.4, -0.2) is 0 Å². The minimum absolute atomic E-state index is 0.368. The van der Waals surface area contributed by atoms with Gasteiger partial charge in [0.25, 0.3) is 0 Å². The molecule has 0 fully saturated rings. The molecule has 31 heavy (non-hydrogen) atoms. The Morgan fingerprint density at radius 1 is 0.387 bits per heavy atom. The van der Waals surface area contributed by atoms with E-state index in [1.165, 1.54) is 10.8 Å². The molecule has 1 aromatic heterocycles. The molecule has 0 saturated heterocycles. The Kier molecular flexibility index (Phi) is 2.46. The molecule has 0 unspecified atom stereocenters. The van der Waals surface area contributed by atoms with Crippen molar-refractivity contribution in [1.29, 1.82) is 0 Å². The summed E-state index contributed by atoms with van der Waals surface area (Å²) in [6.07, 6.45) is 0. The van der Waals surface area contributed by atoms with Crippen molar-refractivity contribution < 1.29 is 4.42 Å². The summed E-state index contributed by atoms with van der Waals surface area (Å²) in [5.74, 6) is 0. The summed E-state index contributed by atoms with van der Waals surface area (Å²) < 4.78 is 5.09. The van der Waals surface area contributed by atoms with Gasteiger partial charge in [0.2, 0.25) is 0 Å². The molecule has 142 valence electrons. The molecule has 0 radical (unpaired) electrons. The molecule has 0 aliphatic carbocycles. The van der Waals surface area contributed by atoms with Crippen LogP contribution in [0.25, 0.3) is 75.4 Å². The average molecular weight is 396 g/mol. The molecule has 0 amide bonds. The number of rotatable bonds is 0. The molecule has 3 nitrogen and oxygen atoms in total. The Balaban J connectivity index is 1.96. The predicted octanol–water partition coefficient (Wildman–Crippen LogP) is 6.39. The van der Waals surface area contributed by atoms with E-state index in [9.17, 15) is 9.59 Å². The van der Waals surface area contributed by atoms with Gasteiger partial charge in [-0.1, -0.05) is 66.7 Å². The lowest BCUT2D eigenvalue weighted by molar-refractivity contribution is 0.500. The van der Waals surface area contributed by atoms with Crippen LogP contribution in [0.5, 0.6) is 0 Å². The van der Waals surface area contributed by atoms with Crippen LogP contribution in [0.15, 0.2) is 86.8 Å². The number of hydrogen-bond acceptors (Lipinski definition) is 3. The van der Waals surface area contributed by atoms with Crippen molar-refractivity contribution in [2.45, 2.75) is 0 Å². The van der Waals surface area contributed by atoms with Crippen LogP contribution < -0.4 is 11.3 Å². The molecule has 8 rings (SSSR count). The van der Waals surface area contributed by atoms with Crippen LogP contribution in [0.4, 0.5) is 0 Å². The molecule has 1 heterocycles. The maximum absolute atomic E-state index is 12.9. The van der Waals surface area contributed by atoms with E-state index in [4.69, 9.17) is 4.42 Å². The van der Waals surface area contributed by atoms with Crippen molar-refractivity contribution in [3.63, 3.8) is 0 Å². The lowest BCUT2D eigenvalue weighted by atomic mass is 9.93. The summed E-state index contributed by atoms with van der Waals surface area (Å²) in [7, 11) is 0. The van der Waals surface area contributed by atoms with Gasteiger partial charge in [0.1, 0.15) is 0 Å². The van der Waals surface area contributed by atoms with Crippen molar-refractivity contribution in [3.05, 3.63) is 93.6 Å². The standard InChI is InChI=1S/C28H12O3/c29-27-20-12-19-14-7-2-3-8-15(14)22-18-11-5-10-16-13-6-1-4-9-17(13)23(21(16)18)26(24(19)22)25(20)28(30)31-27/h1-12H. The molecular weight excluding hydrogens is 384 g/mol. The molecule has 0 atom stereocenters. The van der Waals surface area contributed by atoms with Crippen molar-refractivity contribution >= 4 is 75.4 Å². The predicted molar refractivity (Wildman–Crippen MR) is 127 cm³/mol. The second-order valence-corrected chi connectivity index (χ2v) is 8.34. The third-order valence-corrected chi connectivity index (χ3v) is 6.99. The second-order valence-electron chi connectivity index (χ2n) is 8.34. The highest BCUT2D eigenvalue weighted by molar-refractivity contribution is 6.50. The minimum Gasteiger partial charge on any atom is -0.386 e. The topological polar surface area (TPSA) is 47.3 Å². The van der Waals surface area contributed by atoms with E-state index in [1.807, 2.05) is 30.3 Å². The third kappa shape index (κ3) is 1.59.